The number of hydrogen-bond donors (Lipinski definition) is 2. The first kappa shape index (κ1) is 14.1. The molecule has 0 aliphatic heterocycles. The van der Waals surface area contributed by atoms with E-state index >= 15 is 0 Å². The van der Waals surface area contributed by atoms with Gasteiger partial charge in [0.25, 0.3) is 10.0 Å². The van der Waals surface area contributed by atoms with Gasteiger partial charge in [0, 0.05) is 12.6 Å². The molecule has 1 fully saturated rings. The van der Waals surface area contributed by atoms with E-state index in [1.54, 1.807) is 0 Å². The summed E-state index contributed by atoms with van der Waals surface area (Å²) in [4.78, 5) is 10.4. The first-order chi connectivity index (χ1) is 7.91. The molecule has 0 aromatic heterocycles. The average Bonchev–Trinajstić information content (AvgIpc) is 3.00. The van der Waals surface area contributed by atoms with Crippen LogP contribution in [0, 0.1) is 5.92 Å². The van der Waals surface area contributed by atoms with E-state index in [9.17, 15) is 13.2 Å². The van der Waals surface area contributed by atoms with Crippen molar-refractivity contribution in [1.82, 2.24) is 0 Å². The van der Waals surface area contributed by atoms with Crippen LogP contribution in [0.25, 0.3) is 0 Å². The standard InChI is InChI=1S/C10H18N2O4S/c11-9(10(13)14)5-6-12-17(15,16)7-1-2-8-3-4-8/h6,8-9H,1-5,7,11H2,(H,13,14)/t9-/m0/s1. The van der Waals surface area contributed by atoms with Gasteiger partial charge >= 0.3 is 5.97 Å². The molecule has 1 rings (SSSR count). The Morgan fingerprint density at radius 3 is 2.71 bits per heavy atom. The third-order valence-electron chi connectivity index (χ3n) is 2.62. The monoisotopic (exact) mass is 262 g/mol. The van der Waals surface area contributed by atoms with Crippen molar-refractivity contribution in [3.8, 4) is 0 Å². The number of rotatable bonds is 8. The summed E-state index contributed by atoms with van der Waals surface area (Å²) >= 11 is 0. The number of sulfonamides is 1. The smallest absolute Gasteiger partial charge is 0.320 e. The van der Waals surface area contributed by atoms with Crippen molar-refractivity contribution >= 4 is 22.2 Å². The molecule has 3 N–H and O–H groups in total. The Morgan fingerprint density at radius 2 is 2.18 bits per heavy atom. The molecule has 98 valence electrons. The van der Waals surface area contributed by atoms with Gasteiger partial charge in [0.1, 0.15) is 6.04 Å². The van der Waals surface area contributed by atoms with E-state index in [0.29, 0.717) is 12.3 Å². The number of carboxylic acids is 1. The van der Waals surface area contributed by atoms with Crippen LogP contribution in [0.2, 0.25) is 0 Å². The summed E-state index contributed by atoms with van der Waals surface area (Å²) in [6.07, 6.45) is 4.97. The van der Waals surface area contributed by atoms with Gasteiger partial charge in [0.05, 0.1) is 5.75 Å². The molecule has 0 aromatic rings. The first-order valence-corrected chi connectivity index (χ1v) is 7.26. The Kier molecular flexibility index (Phi) is 5.07. The fourth-order valence-corrected chi connectivity index (χ4v) is 2.33. The van der Waals surface area contributed by atoms with Gasteiger partial charge < -0.3 is 10.8 Å². The second-order valence-corrected chi connectivity index (χ2v) is 6.12. The zero-order chi connectivity index (χ0) is 12.9. The lowest BCUT2D eigenvalue weighted by Gasteiger charge is -2.01. The molecule has 0 amide bonds. The molecule has 7 heteroatoms. The van der Waals surface area contributed by atoms with Crippen LogP contribution < -0.4 is 5.73 Å². The van der Waals surface area contributed by atoms with Crippen LogP contribution in [0.3, 0.4) is 0 Å². The summed E-state index contributed by atoms with van der Waals surface area (Å²) in [7, 11) is -3.45. The Hall–Kier alpha value is -0.950. The third-order valence-corrected chi connectivity index (χ3v) is 3.90. The van der Waals surface area contributed by atoms with Crippen molar-refractivity contribution in [2.24, 2.45) is 16.0 Å². The van der Waals surface area contributed by atoms with Gasteiger partial charge in [-0.15, -0.1) is 0 Å². The number of nitrogens with zero attached hydrogens (tertiary/aromatic N) is 1. The van der Waals surface area contributed by atoms with Gasteiger partial charge in [-0.25, -0.2) is 8.42 Å². The number of carboxylic acid groups (broad SMARTS) is 1. The molecule has 6 nitrogen and oxygen atoms in total. The Balaban J connectivity index is 2.26. The minimum absolute atomic E-state index is 0.0301. The van der Waals surface area contributed by atoms with Crippen LogP contribution in [-0.4, -0.2) is 37.5 Å². The van der Waals surface area contributed by atoms with Crippen LogP contribution in [-0.2, 0) is 14.8 Å². The summed E-state index contributed by atoms with van der Waals surface area (Å²) in [6, 6.07) is -1.10. The van der Waals surface area contributed by atoms with Gasteiger partial charge in [-0.2, -0.15) is 4.40 Å². The molecule has 0 spiro atoms. The minimum Gasteiger partial charge on any atom is -0.480 e. The van der Waals surface area contributed by atoms with Crippen LogP contribution in [0.1, 0.15) is 32.1 Å². The maximum absolute atomic E-state index is 11.4. The van der Waals surface area contributed by atoms with Gasteiger partial charge in [0.15, 0.2) is 0 Å². The minimum atomic E-state index is -3.45. The molecule has 17 heavy (non-hydrogen) atoms. The van der Waals surface area contributed by atoms with E-state index in [1.807, 2.05) is 0 Å². The molecule has 0 bridgehead atoms. The summed E-state index contributed by atoms with van der Waals surface area (Å²) in [5.41, 5.74) is 5.21. The second-order valence-electron chi connectivity index (χ2n) is 4.34. The van der Waals surface area contributed by atoms with Gasteiger partial charge in [0.2, 0.25) is 0 Å². The van der Waals surface area contributed by atoms with Crippen molar-refractivity contribution in [2.75, 3.05) is 5.75 Å². The lowest BCUT2D eigenvalue weighted by Crippen LogP contribution is -2.30. The molecule has 1 saturated carbocycles. The summed E-state index contributed by atoms with van der Waals surface area (Å²) < 4.78 is 26.2. The highest BCUT2D eigenvalue weighted by atomic mass is 32.2. The maximum Gasteiger partial charge on any atom is 0.320 e. The second kappa shape index (κ2) is 6.11. The molecule has 0 radical (unpaired) electrons. The van der Waals surface area contributed by atoms with Crippen LogP contribution in [0.4, 0.5) is 0 Å². The summed E-state index contributed by atoms with van der Waals surface area (Å²) in [5, 5.41) is 8.48. The topological polar surface area (TPSA) is 110 Å². The SMILES string of the molecule is N[C@@H](CC=NS(=O)(=O)CCCC1CC1)C(=O)O. The first-order valence-electron chi connectivity index (χ1n) is 5.65. The van der Waals surface area contributed by atoms with Crippen LogP contribution in [0.15, 0.2) is 4.40 Å². The van der Waals surface area contributed by atoms with E-state index < -0.39 is 22.0 Å². The lowest BCUT2D eigenvalue weighted by atomic mass is 10.2. The number of aliphatic carboxylic acids is 1. The quantitative estimate of drug-likeness (QED) is 0.614. The fraction of sp³-hybridized carbons (Fsp3) is 0.800. The van der Waals surface area contributed by atoms with Gasteiger partial charge in [-0.3, -0.25) is 4.79 Å². The maximum atomic E-state index is 11.4. The van der Waals surface area contributed by atoms with Crippen molar-refractivity contribution < 1.29 is 18.3 Å². The highest BCUT2D eigenvalue weighted by molar-refractivity contribution is 7.90. The summed E-state index contributed by atoms with van der Waals surface area (Å²) in [5.74, 6) is -0.431. The van der Waals surface area contributed by atoms with E-state index in [1.165, 1.54) is 12.8 Å². The Bertz CT molecular complexity index is 387. The van der Waals surface area contributed by atoms with E-state index in [-0.39, 0.29) is 12.2 Å². The normalized spacial score (nSPS) is 18.4. The van der Waals surface area contributed by atoms with Crippen LogP contribution in [0.5, 0.6) is 0 Å². The van der Waals surface area contributed by atoms with Gasteiger partial charge in [-0.1, -0.05) is 12.8 Å². The molecule has 0 unspecified atom stereocenters. The predicted octanol–water partition coefficient (Wildman–Crippen LogP) is 0.379. The third kappa shape index (κ3) is 6.38. The molecule has 1 aliphatic rings. The molecule has 0 saturated heterocycles. The molecule has 1 atom stereocenters. The predicted molar refractivity (Wildman–Crippen MR) is 64.5 cm³/mol. The van der Waals surface area contributed by atoms with Crippen molar-refractivity contribution in [1.29, 1.82) is 0 Å². The Morgan fingerprint density at radius 1 is 1.53 bits per heavy atom. The average molecular weight is 262 g/mol. The zero-order valence-corrected chi connectivity index (χ0v) is 10.4. The van der Waals surface area contributed by atoms with E-state index in [4.69, 9.17) is 10.8 Å². The van der Waals surface area contributed by atoms with Crippen LogP contribution >= 0.6 is 0 Å². The van der Waals surface area contributed by atoms with Gasteiger partial charge in [-0.05, 0) is 18.8 Å². The summed E-state index contributed by atoms with van der Waals surface area (Å²) in [6.45, 7) is 0. The highest BCUT2D eigenvalue weighted by Gasteiger charge is 2.21. The highest BCUT2D eigenvalue weighted by Crippen LogP contribution is 2.33. The number of hydrogen-bond acceptors (Lipinski definition) is 4. The number of carbonyl (C=O) groups is 1. The fourth-order valence-electron chi connectivity index (χ4n) is 1.38. The molecule has 0 heterocycles. The molecule has 0 aromatic carbocycles. The van der Waals surface area contributed by atoms with Crippen molar-refractivity contribution in [3.05, 3.63) is 0 Å². The zero-order valence-electron chi connectivity index (χ0n) is 9.58. The van der Waals surface area contributed by atoms with Crippen molar-refractivity contribution in [3.63, 3.8) is 0 Å². The lowest BCUT2D eigenvalue weighted by molar-refractivity contribution is -0.138. The molecular formula is C10H18N2O4S. The van der Waals surface area contributed by atoms with Crippen molar-refractivity contribution in [2.45, 2.75) is 38.1 Å². The molecule has 1 aliphatic carbocycles. The number of nitrogens with two attached hydrogens (primary N) is 1. The largest absolute Gasteiger partial charge is 0.480 e. The van der Waals surface area contributed by atoms with E-state index in [0.717, 1.165) is 12.6 Å². The Labute approximate surface area is 101 Å². The van der Waals surface area contributed by atoms with E-state index in [2.05, 4.69) is 4.40 Å². The molecular weight excluding hydrogens is 244 g/mol.